The minimum atomic E-state index is 0.649. The normalized spacial score (nSPS) is 10.7. The summed E-state index contributed by atoms with van der Waals surface area (Å²) in [5, 5.41) is 1.05. The Kier molecular flexibility index (Phi) is 3.15. The highest BCUT2D eigenvalue weighted by Gasteiger charge is 2.05. The van der Waals surface area contributed by atoms with Crippen molar-refractivity contribution in [2.24, 2.45) is 0 Å². The van der Waals surface area contributed by atoms with Gasteiger partial charge in [0, 0.05) is 17.4 Å². The van der Waals surface area contributed by atoms with Gasteiger partial charge in [-0.25, -0.2) is 0 Å². The van der Waals surface area contributed by atoms with Gasteiger partial charge >= 0.3 is 0 Å². The summed E-state index contributed by atoms with van der Waals surface area (Å²) in [5.74, 6) is 0.960. The van der Waals surface area contributed by atoms with E-state index >= 15 is 0 Å². The summed E-state index contributed by atoms with van der Waals surface area (Å²) in [6, 6.07) is 17.9. The number of carbonyl (C=O) groups is 1. The molecule has 0 aliphatic carbocycles. The highest BCUT2D eigenvalue weighted by Crippen LogP contribution is 2.21. The Balaban J connectivity index is 1.80. The first-order valence-electron chi connectivity index (χ1n) is 6.37. The average molecular weight is 250 g/mol. The van der Waals surface area contributed by atoms with Gasteiger partial charge in [0.25, 0.3) is 0 Å². The summed E-state index contributed by atoms with van der Waals surface area (Å²) in [6.07, 6.45) is 2.67. The Morgan fingerprint density at radius 1 is 0.947 bits per heavy atom. The van der Waals surface area contributed by atoms with Crippen LogP contribution >= 0.6 is 0 Å². The minimum absolute atomic E-state index is 0.649. The van der Waals surface area contributed by atoms with Crippen LogP contribution in [0.5, 0.6) is 0 Å². The van der Waals surface area contributed by atoms with Gasteiger partial charge in [0.05, 0.1) is 0 Å². The summed E-state index contributed by atoms with van der Waals surface area (Å²) in [6.45, 7) is 0. The van der Waals surface area contributed by atoms with Gasteiger partial charge in [0.2, 0.25) is 0 Å². The predicted octanol–water partition coefficient (Wildman–Crippen LogP) is 4.03. The van der Waals surface area contributed by atoms with Crippen LogP contribution in [0.1, 0.15) is 21.7 Å². The van der Waals surface area contributed by atoms with Crippen LogP contribution in [0.4, 0.5) is 0 Å². The van der Waals surface area contributed by atoms with Crippen LogP contribution in [0.2, 0.25) is 0 Å². The molecular formula is C17H14O2. The van der Waals surface area contributed by atoms with Crippen molar-refractivity contribution in [3.8, 4) is 0 Å². The minimum Gasteiger partial charge on any atom is -0.461 e. The van der Waals surface area contributed by atoms with E-state index in [0.717, 1.165) is 35.9 Å². The summed E-state index contributed by atoms with van der Waals surface area (Å²) in [5.41, 5.74) is 2.74. The number of aldehydes is 1. The molecule has 2 aromatic carbocycles. The van der Waals surface area contributed by atoms with E-state index in [1.54, 1.807) is 6.07 Å². The van der Waals surface area contributed by atoms with Crippen molar-refractivity contribution >= 4 is 17.3 Å². The van der Waals surface area contributed by atoms with E-state index in [0.29, 0.717) is 5.56 Å². The standard InChI is InChI=1S/C17H14O2/c18-12-14-6-8-15-11-16(19-17(15)10-14)9-7-13-4-2-1-3-5-13/h1-6,8,10-12H,7,9H2. The van der Waals surface area contributed by atoms with Crippen LogP contribution in [-0.2, 0) is 12.8 Å². The average Bonchev–Trinajstić information content (AvgIpc) is 2.88. The number of furan rings is 1. The van der Waals surface area contributed by atoms with E-state index in [1.165, 1.54) is 5.56 Å². The Hall–Kier alpha value is -2.35. The second-order valence-corrected chi connectivity index (χ2v) is 4.61. The molecule has 0 atom stereocenters. The summed E-state index contributed by atoms with van der Waals surface area (Å²) in [7, 11) is 0. The zero-order valence-electron chi connectivity index (χ0n) is 10.5. The molecule has 1 aromatic heterocycles. The molecule has 0 bridgehead atoms. The number of fused-ring (bicyclic) bond motifs is 1. The van der Waals surface area contributed by atoms with E-state index in [9.17, 15) is 4.79 Å². The van der Waals surface area contributed by atoms with Crippen LogP contribution in [0.25, 0.3) is 11.0 Å². The SMILES string of the molecule is O=Cc1ccc2cc(CCc3ccccc3)oc2c1. The third-order valence-electron chi connectivity index (χ3n) is 3.23. The lowest BCUT2D eigenvalue weighted by Crippen LogP contribution is -1.88. The lowest BCUT2D eigenvalue weighted by Gasteiger charge is -1.97. The Bertz CT molecular complexity index is 696. The van der Waals surface area contributed by atoms with E-state index in [-0.39, 0.29) is 0 Å². The molecule has 2 heteroatoms. The van der Waals surface area contributed by atoms with Crippen LogP contribution < -0.4 is 0 Å². The van der Waals surface area contributed by atoms with Crippen molar-refractivity contribution in [3.05, 3.63) is 71.5 Å². The molecule has 2 nitrogen and oxygen atoms in total. The third-order valence-corrected chi connectivity index (χ3v) is 3.23. The van der Waals surface area contributed by atoms with Crippen LogP contribution in [0, 0.1) is 0 Å². The van der Waals surface area contributed by atoms with Gasteiger partial charge in [-0.1, -0.05) is 42.5 Å². The zero-order chi connectivity index (χ0) is 13.1. The maximum absolute atomic E-state index is 10.7. The number of rotatable bonds is 4. The van der Waals surface area contributed by atoms with Crippen molar-refractivity contribution < 1.29 is 9.21 Å². The molecule has 0 radical (unpaired) electrons. The zero-order valence-corrected chi connectivity index (χ0v) is 10.5. The van der Waals surface area contributed by atoms with E-state index in [1.807, 2.05) is 36.4 Å². The van der Waals surface area contributed by atoms with Crippen LogP contribution in [0.15, 0.2) is 59.0 Å². The maximum atomic E-state index is 10.7. The number of hydrogen-bond acceptors (Lipinski definition) is 2. The molecule has 0 saturated heterocycles. The first-order valence-corrected chi connectivity index (χ1v) is 6.37. The van der Waals surface area contributed by atoms with Crippen LogP contribution in [-0.4, -0.2) is 6.29 Å². The second kappa shape index (κ2) is 5.11. The van der Waals surface area contributed by atoms with Gasteiger partial charge in [-0.15, -0.1) is 0 Å². The van der Waals surface area contributed by atoms with Gasteiger partial charge in [0.15, 0.2) is 0 Å². The summed E-state index contributed by atoms with van der Waals surface area (Å²) < 4.78 is 5.77. The molecule has 1 heterocycles. The highest BCUT2D eigenvalue weighted by molar-refractivity contribution is 5.85. The molecule has 0 aliphatic heterocycles. The van der Waals surface area contributed by atoms with E-state index in [2.05, 4.69) is 12.1 Å². The number of hydrogen-bond donors (Lipinski definition) is 0. The fraction of sp³-hybridized carbons (Fsp3) is 0.118. The fourth-order valence-corrected chi connectivity index (χ4v) is 2.21. The first-order chi connectivity index (χ1) is 9.35. The molecule has 0 amide bonds. The molecule has 3 rings (SSSR count). The molecule has 3 aromatic rings. The number of carbonyl (C=O) groups excluding carboxylic acids is 1. The van der Waals surface area contributed by atoms with Gasteiger partial charge in [-0.2, -0.15) is 0 Å². The molecule has 0 unspecified atom stereocenters. The molecule has 0 aliphatic rings. The Morgan fingerprint density at radius 2 is 1.79 bits per heavy atom. The highest BCUT2D eigenvalue weighted by atomic mass is 16.3. The van der Waals surface area contributed by atoms with Crippen molar-refractivity contribution in [1.82, 2.24) is 0 Å². The quantitative estimate of drug-likeness (QED) is 0.654. The van der Waals surface area contributed by atoms with Crippen LogP contribution in [0.3, 0.4) is 0 Å². The Labute approximate surface area is 111 Å². The first kappa shape index (κ1) is 11.7. The Morgan fingerprint density at radius 3 is 2.58 bits per heavy atom. The monoisotopic (exact) mass is 250 g/mol. The number of benzene rings is 2. The van der Waals surface area contributed by atoms with E-state index < -0.39 is 0 Å². The summed E-state index contributed by atoms with van der Waals surface area (Å²) in [4.78, 5) is 10.7. The van der Waals surface area contributed by atoms with Gasteiger partial charge in [-0.05, 0) is 24.1 Å². The third kappa shape index (κ3) is 2.58. The topological polar surface area (TPSA) is 30.2 Å². The second-order valence-electron chi connectivity index (χ2n) is 4.61. The molecule has 0 saturated carbocycles. The largest absolute Gasteiger partial charge is 0.461 e. The predicted molar refractivity (Wildman–Crippen MR) is 75.5 cm³/mol. The van der Waals surface area contributed by atoms with Crippen molar-refractivity contribution in [3.63, 3.8) is 0 Å². The van der Waals surface area contributed by atoms with Crippen molar-refractivity contribution in [2.45, 2.75) is 12.8 Å². The lowest BCUT2D eigenvalue weighted by atomic mass is 10.1. The molecule has 19 heavy (non-hydrogen) atoms. The molecular weight excluding hydrogens is 236 g/mol. The number of aryl methyl sites for hydroxylation is 2. The molecule has 0 spiro atoms. The van der Waals surface area contributed by atoms with Crippen molar-refractivity contribution in [1.29, 1.82) is 0 Å². The molecule has 94 valence electrons. The maximum Gasteiger partial charge on any atom is 0.150 e. The fourth-order valence-electron chi connectivity index (χ4n) is 2.21. The van der Waals surface area contributed by atoms with Gasteiger partial charge < -0.3 is 4.42 Å². The lowest BCUT2D eigenvalue weighted by molar-refractivity contribution is 0.112. The smallest absolute Gasteiger partial charge is 0.150 e. The molecule has 0 N–H and O–H groups in total. The van der Waals surface area contributed by atoms with Gasteiger partial charge in [-0.3, -0.25) is 4.79 Å². The molecule has 0 fully saturated rings. The van der Waals surface area contributed by atoms with Crippen molar-refractivity contribution in [2.75, 3.05) is 0 Å². The van der Waals surface area contributed by atoms with E-state index in [4.69, 9.17) is 4.42 Å². The van der Waals surface area contributed by atoms with Gasteiger partial charge in [0.1, 0.15) is 17.6 Å². The summed E-state index contributed by atoms with van der Waals surface area (Å²) >= 11 is 0.